The number of alkyl carbamates (subject to hydrolysis) is 1. The van der Waals surface area contributed by atoms with E-state index in [0.717, 1.165) is 0 Å². The number of benzene rings is 2. The molecule has 3 aromatic rings. The molecule has 32 heavy (non-hydrogen) atoms. The lowest BCUT2D eigenvalue weighted by atomic mass is 10.2. The summed E-state index contributed by atoms with van der Waals surface area (Å²) in [5.41, 5.74) is 1.56. The van der Waals surface area contributed by atoms with E-state index in [4.69, 9.17) is 11.6 Å². The van der Waals surface area contributed by atoms with Crippen molar-refractivity contribution in [2.24, 2.45) is 0 Å². The molecule has 0 spiro atoms. The topological polar surface area (TPSA) is 113 Å². The molecule has 0 unspecified atom stereocenters. The smallest absolute Gasteiger partial charge is 0.406 e. The fraction of sp³-hybridized carbons (Fsp3) is 0.200. The van der Waals surface area contributed by atoms with Crippen molar-refractivity contribution in [3.8, 4) is 22.6 Å². The van der Waals surface area contributed by atoms with Crippen molar-refractivity contribution in [2.45, 2.75) is 11.3 Å². The molecule has 0 saturated carbocycles. The molecule has 0 aliphatic heterocycles. The number of aromatic nitrogens is 2. The SMILES string of the molecule is COC(=O)NCCCNS(=O)(=O)c1cc(-c2nc(-c3ccc(Br)c(F)c3)c[nH]2)ccc1Cl. The maximum atomic E-state index is 13.8. The Morgan fingerprint density at radius 3 is 2.69 bits per heavy atom. The van der Waals surface area contributed by atoms with Crippen molar-refractivity contribution in [3.63, 3.8) is 0 Å². The summed E-state index contributed by atoms with van der Waals surface area (Å²) < 4.78 is 46.5. The summed E-state index contributed by atoms with van der Waals surface area (Å²) in [5.74, 6) is -0.0153. The van der Waals surface area contributed by atoms with E-state index in [0.29, 0.717) is 33.5 Å². The fourth-order valence-corrected chi connectivity index (χ4v) is 4.61. The molecular weight excluding hydrogens is 527 g/mol. The number of hydrogen-bond acceptors (Lipinski definition) is 5. The van der Waals surface area contributed by atoms with Gasteiger partial charge in [0.05, 0.1) is 22.3 Å². The Morgan fingerprint density at radius 1 is 1.22 bits per heavy atom. The number of rotatable bonds is 8. The van der Waals surface area contributed by atoms with E-state index in [1.54, 1.807) is 24.4 Å². The van der Waals surface area contributed by atoms with Crippen LogP contribution in [0.15, 0.2) is 52.0 Å². The van der Waals surface area contributed by atoms with Gasteiger partial charge in [0.2, 0.25) is 10.0 Å². The van der Waals surface area contributed by atoms with Crippen LogP contribution < -0.4 is 10.0 Å². The highest BCUT2D eigenvalue weighted by Crippen LogP contribution is 2.29. The Morgan fingerprint density at radius 2 is 1.97 bits per heavy atom. The molecule has 0 aliphatic rings. The Kier molecular flexibility index (Phi) is 7.88. The predicted octanol–water partition coefficient (Wildman–Crippen LogP) is 4.32. The maximum absolute atomic E-state index is 13.8. The van der Waals surface area contributed by atoms with Crippen LogP contribution in [0.1, 0.15) is 6.42 Å². The number of halogens is 3. The van der Waals surface area contributed by atoms with Crippen LogP contribution in [0.5, 0.6) is 0 Å². The molecule has 1 heterocycles. The minimum absolute atomic E-state index is 0.0516. The number of H-pyrrole nitrogens is 1. The second kappa shape index (κ2) is 10.4. The van der Waals surface area contributed by atoms with Crippen molar-refractivity contribution < 1.29 is 22.3 Å². The van der Waals surface area contributed by atoms with Crippen LogP contribution in [0.4, 0.5) is 9.18 Å². The highest BCUT2D eigenvalue weighted by molar-refractivity contribution is 9.10. The lowest BCUT2D eigenvalue weighted by Gasteiger charge is -2.10. The lowest BCUT2D eigenvalue weighted by molar-refractivity contribution is 0.171. The van der Waals surface area contributed by atoms with Crippen molar-refractivity contribution in [1.82, 2.24) is 20.0 Å². The molecule has 1 aromatic heterocycles. The summed E-state index contributed by atoms with van der Waals surface area (Å²) in [5, 5.41) is 2.51. The van der Waals surface area contributed by atoms with Crippen molar-refractivity contribution in [2.75, 3.05) is 20.2 Å². The van der Waals surface area contributed by atoms with E-state index < -0.39 is 21.9 Å². The van der Waals surface area contributed by atoms with E-state index in [2.05, 4.69) is 40.7 Å². The van der Waals surface area contributed by atoms with Gasteiger partial charge in [-0.15, -0.1) is 0 Å². The highest BCUT2D eigenvalue weighted by atomic mass is 79.9. The van der Waals surface area contributed by atoms with E-state index in [-0.39, 0.29) is 23.0 Å². The molecular formula is C20H19BrClFN4O4S. The van der Waals surface area contributed by atoms with Gasteiger partial charge >= 0.3 is 6.09 Å². The molecule has 12 heteroatoms. The fourth-order valence-electron chi connectivity index (χ4n) is 2.76. The van der Waals surface area contributed by atoms with Gasteiger partial charge in [0.15, 0.2) is 0 Å². The Bertz CT molecular complexity index is 1240. The first kappa shape index (κ1) is 24.2. The van der Waals surface area contributed by atoms with Gasteiger partial charge in [-0.05, 0) is 52.7 Å². The second-order valence-corrected chi connectivity index (χ2v) is 9.58. The molecule has 0 aliphatic carbocycles. The largest absolute Gasteiger partial charge is 0.453 e. The number of imidazole rings is 1. The van der Waals surface area contributed by atoms with Gasteiger partial charge < -0.3 is 15.0 Å². The van der Waals surface area contributed by atoms with E-state index in [9.17, 15) is 17.6 Å². The van der Waals surface area contributed by atoms with Gasteiger partial charge in [-0.2, -0.15) is 0 Å². The first-order valence-corrected chi connectivity index (χ1v) is 12.0. The minimum Gasteiger partial charge on any atom is -0.453 e. The number of carbonyl (C=O) groups excluding carboxylic acids is 1. The van der Waals surface area contributed by atoms with Crippen molar-refractivity contribution in [1.29, 1.82) is 0 Å². The molecule has 0 fully saturated rings. The summed E-state index contributed by atoms with van der Waals surface area (Å²) in [4.78, 5) is 18.3. The van der Waals surface area contributed by atoms with Crippen LogP contribution in [0.25, 0.3) is 22.6 Å². The van der Waals surface area contributed by atoms with Gasteiger partial charge in [0.25, 0.3) is 0 Å². The third-order valence-corrected chi connectivity index (χ3v) is 6.97. The van der Waals surface area contributed by atoms with Gasteiger partial charge in [-0.1, -0.05) is 17.7 Å². The van der Waals surface area contributed by atoms with Gasteiger partial charge in [0, 0.05) is 30.4 Å². The average molecular weight is 546 g/mol. The standard InChI is InChI=1S/C20H19BrClFN4O4S/c1-31-20(28)24-7-2-8-26-32(29,30)18-10-13(4-6-15(18)22)19-25-11-17(27-19)12-3-5-14(21)16(23)9-12/h3-6,9-11,26H,2,7-8H2,1H3,(H,24,28)(H,25,27). The lowest BCUT2D eigenvalue weighted by Crippen LogP contribution is -2.30. The predicted molar refractivity (Wildman–Crippen MR) is 122 cm³/mol. The Balaban J connectivity index is 1.76. The van der Waals surface area contributed by atoms with Crippen molar-refractivity contribution >= 4 is 43.6 Å². The zero-order valence-electron chi connectivity index (χ0n) is 16.8. The molecule has 0 atom stereocenters. The summed E-state index contributed by atoms with van der Waals surface area (Å²) >= 11 is 9.24. The van der Waals surface area contributed by atoms with E-state index in [1.165, 1.54) is 25.3 Å². The molecule has 8 nitrogen and oxygen atoms in total. The number of aromatic amines is 1. The van der Waals surface area contributed by atoms with Crippen LogP contribution >= 0.6 is 27.5 Å². The van der Waals surface area contributed by atoms with Crippen LogP contribution in [-0.4, -0.2) is 44.7 Å². The number of methoxy groups -OCH3 is 1. The second-order valence-electron chi connectivity index (χ2n) is 6.58. The summed E-state index contributed by atoms with van der Waals surface area (Å²) in [6, 6.07) is 9.14. The quantitative estimate of drug-likeness (QED) is 0.365. The summed E-state index contributed by atoms with van der Waals surface area (Å²) in [6.07, 6.45) is 1.37. The molecule has 1 amide bonds. The van der Waals surface area contributed by atoms with Crippen LogP contribution in [0, 0.1) is 5.82 Å². The number of ether oxygens (including phenoxy) is 1. The van der Waals surface area contributed by atoms with Crippen LogP contribution in [0.3, 0.4) is 0 Å². The highest BCUT2D eigenvalue weighted by Gasteiger charge is 2.19. The number of carbonyl (C=O) groups is 1. The summed E-state index contributed by atoms with van der Waals surface area (Å²) in [6.45, 7) is 0.335. The zero-order chi connectivity index (χ0) is 23.3. The average Bonchev–Trinajstić information content (AvgIpc) is 3.25. The number of amides is 1. The first-order chi connectivity index (χ1) is 15.2. The van der Waals surface area contributed by atoms with Crippen molar-refractivity contribution in [3.05, 3.63) is 57.9 Å². The van der Waals surface area contributed by atoms with Crippen LogP contribution in [-0.2, 0) is 14.8 Å². The molecule has 0 saturated heterocycles. The molecule has 170 valence electrons. The molecule has 3 N–H and O–H groups in total. The molecule has 0 bridgehead atoms. The number of sulfonamides is 1. The van der Waals surface area contributed by atoms with Gasteiger partial charge in [-0.3, -0.25) is 0 Å². The first-order valence-electron chi connectivity index (χ1n) is 9.33. The molecule has 0 radical (unpaired) electrons. The van der Waals surface area contributed by atoms with Gasteiger partial charge in [-0.25, -0.2) is 27.3 Å². The zero-order valence-corrected chi connectivity index (χ0v) is 19.9. The van der Waals surface area contributed by atoms with E-state index in [1.807, 2.05) is 0 Å². The number of nitrogens with one attached hydrogen (secondary N) is 3. The van der Waals surface area contributed by atoms with E-state index >= 15 is 0 Å². The van der Waals surface area contributed by atoms with Crippen LogP contribution in [0.2, 0.25) is 5.02 Å². The Labute approximate surface area is 197 Å². The maximum Gasteiger partial charge on any atom is 0.406 e. The summed E-state index contributed by atoms with van der Waals surface area (Å²) in [7, 11) is -2.66. The third-order valence-electron chi connectivity index (χ3n) is 4.39. The molecule has 2 aromatic carbocycles. The molecule has 3 rings (SSSR count). The van der Waals surface area contributed by atoms with Gasteiger partial charge in [0.1, 0.15) is 16.5 Å². The number of nitrogens with zero attached hydrogens (tertiary/aromatic N) is 1. The number of hydrogen-bond donors (Lipinski definition) is 3. The monoisotopic (exact) mass is 544 g/mol. The Hall–Kier alpha value is -2.47. The minimum atomic E-state index is -3.91. The third kappa shape index (κ3) is 5.85. The normalized spacial score (nSPS) is 11.4.